The molecule has 0 saturated carbocycles. The average molecular weight is 391 g/mol. The molecule has 1 saturated heterocycles. The fourth-order valence-electron chi connectivity index (χ4n) is 2.51. The van der Waals surface area contributed by atoms with Gasteiger partial charge in [0.25, 0.3) is 6.23 Å². The summed E-state index contributed by atoms with van der Waals surface area (Å²) in [6.45, 7) is 6.79. The average Bonchev–Trinajstić information content (AvgIpc) is 2.89. The monoisotopic (exact) mass is 391 g/mol. The molecule has 2 rings (SSSR count). The molecule has 2 heterocycles. The Labute approximate surface area is 151 Å². The van der Waals surface area contributed by atoms with Gasteiger partial charge in [-0.25, -0.2) is 8.96 Å². The maximum atomic E-state index is 14.5. The van der Waals surface area contributed by atoms with E-state index in [1.165, 1.54) is 4.57 Å². The first-order valence-corrected chi connectivity index (χ1v) is 9.74. The number of nitrogens with two attached hydrogens (primary N) is 1. The van der Waals surface area contributed by atoms with E-state index in [2.05, 4.69) is 6.58 Å². The molecule has 0 aliphatic carbocycles. The highest BCUT2D eigenvalue weighted by Crippen LogP contribution is 2.49. The van der Waals surface area contributed by atoms with Crippen LogP contribution in [-0.2, 0) is 22.9 Å². The third kappa shape index (κ3) is 4.88. The lowest BCUT2D eigenvalue weighted by molar-refractivity contribution is -0.764. The quantitative estimate of drug-likeness (QED) is 0.488. The Bertz CT molecular complexity index is 666. The first-order valence-electron chi connectivity index (χ1n) is 8.28. The molecule has 1 fully saturated rings. The van der Waals surface area contributed by atoms with Crippen molar-refractivity contribution in [1.29, 1.82) is 0 Å². The number of hydrogen-bond donors (Lipinski definition) is 2. The lowest BCUT2D eigenvalue weighted by Crippen LogP contribution is -2.44. The maximum Gasteiger partial charge on any atom is 0.474 e. The van der Waals surface area contributed by atoms with Gasteiger partial charge in [0, 0.05) is 11.8 Å². The van der Waals surface area contributed by atoms with E-state index in [4.69, 9.17) is 24.0 Å². The van der Waals surface area contributed by atoms with E-state index in [1.54, 1.807) is 38.4 Å². The van der Waals surface area contributed by atoms with Gasteiger partial charge >= 0.3 is 7.82 Å². The van der Waals surface area contributed by atoms with Crippen molar-refractivity contribution in [2.75, 3.05) is 19.8 Å². The van der Waals surface area contributed by atoms with Gasteiger partial charge in [0.2, 0.25) is 6.17 Å². The van der Waals surface area contributed by atoms with Gasteiger partial charge in [0.1, 0.15) is 12.2 Å². The molecule has 4 atom stereocenters. The molecule has 8 nitrogen and oxygen atoms in total. The van der Waals surface area contributed by atoms with Crippen LogP contribution in [0.5, 0.6) is 0 Å². The zero-order valence-electron chi connectivity index (χ0n) is 14.8. The van der Waals surface area contributed by atoms with Crippen LogP contribution in [0.1, 0.15) is 25.6 Å². The summed E-state index contributed by atoms with van der Waals surface area (Å²) in [7, 11) is -3.78. The van der Waals surface area contributed by atoms with Gasteiger partial charge < -0.3 is 15.6 Å². The minimum atomic E-state index is -3.78. The Kier molecular flexibility index (Phi) is 7.28. The minimum Gasteiger partial charge on any atom is -0.399 e. The number of hydrogen-bond acceptors (Lipinski definition) is 7. The van der Waals surface area contributed by atoms with E-state index in [9.17, 15) is 14.1 Å². The number of pyridine rings is 1. The van der Waals surface area contributed by atoms with Gasteiger partial charge in [-0.2, -0.15) is 4.57 Å². The Morgan fingerprint density at radius 2 is 2.08 bits per heavy atom. The summed E-state index contributed by atoms with van der Waals surface area (Å²) in [4.78, 5) is 0. The Morgan fingerprint density at radius 3 is 2.65 bits per heavy atom. The van der Waals surface area contributed by atoms with Crippen LogP contribution in [0.3, 0.4) is 0 Å². The molecule has 0 amide bonds. The molecule has 2 unspecified atom stereocenters. The molecule has 146 valence electrons. The predicted molar refractivity (Wildman–Crippen MR) is 91.5 cm³/mol. The summed E-state index contributed by atoms with van der Waals surface area (Å²) >= 11 is 0. The molecule has 0 radical (unpaired) electrons. The van der Waals surface area contributed by atoms with Gasteiger partial charge in [0.05, 0.1) is 25.4 Å². The van der Waals surface area contributed by atoms with Gasteiger partial charge in [-0.15, -0.1) is 0 Å². The van der Waals surface area contributed by atoms with Gasteiger partial charge in [-0.1, -0.05) is 6.58 Å². The van der Waals surface area contributed by atoms with Crippen molar-refractivity contribution in [2.45, 2.75) is 38.5 Å². The van der Waals surface area contributed by atoms with Crippen molar-refractivity contribution in [3.05, 3.63) is 36.7 Å². The Morgan fingerprint density at radius 1 is 1.42 bits per heavy atom. The van der Waals surface area contributed by atoms with Crippen LogP contribution in [-0.4, -0.2) is 43.3 Å². The molecule has 1 aromatic rings. The highest BCUT2D eigenvalue weighted by atomic mass is 31.2. The SMILES string of the molecule is C=C(N)c1ccc[n+](C2OC(COP(=O)(OCC)OCC)[C@@H](O)[C@@H]2F)c1. The first-order chi connectivity index (χ1) is 12.3. The standard InChI is InChI=1S/C16H25FN2O6P/c1-4-22-26(21,23-5-2)24-10-13-15(20)14(17)16(25-13)19-8-6-7-12(9-19)11(3)18/h6-9,13-16,20H,3-5,10,18H2,1-2H3/q+1/t13?,14-,15+,16?/m0/s1. The molecule has 10 heteroatoms. The topological polar surface area (TPSA) is 104 Å². The largest absolute Gasteiger partial charge is 0.474 e. The summed E-state index contributed by atoms with van der Waals surface area (Å²) in [6.07, 6.45) is -2.15. The number of phosphoric ester groups is 1. The zero-order valence-corrected chi connectivity index (χ0v) is 15.7. The second kappa shape index (κ2) is 9.03. The molecule has 1 aliphatic heterocycles. The van der Waals surface area contributed by atoms with Crippen LogP contribution in [0.4, 0.5) is 4.39 Å². The number of alkyl halides is 1. The van der Waals surface area contributed by atoms with E-state index < -0.39 is 32.4 Å². The van der Waals surface area contributed by atoms with Crippen molar-refractivity contribution in [3.63, 3.8) is 0 Å². The summed E-state index contributed by atoms with van der Waals surface area (Å²) < 4.78 is 49.0. The lowest BCUT2D eigenvalue weighted by atomic mass is 10.1. The van der Waals surface area contributed by atoms with Crippen LogP contribution >= 0.6 is 7.82 Å². The maximum absolute atomic E-state index is 14.5. The van der Waals surface area contributed by atoms with Crippen LogP contribution in [0.25, 0.3) is 5.70 Å². The summed E-state index contributed by atoms with van der Waals surface area (Å²) in [5.41, 5.74) is 6.58. The first kappa shape index (κ1) is 21.0. The van der Waals surface area contributed by atoms with Crippen LogP contribution < -0.4 is 10.3 Å². The molecule has 1 aromatic heterocycles. The molecule has 0 bridgehead atoms. The fourth-order valence-corrected chi connectivity index (χ4v) is 3.70. The van der Waals surface area contributed by atoms with Crippen molar-refractivity contribution >= 4 is 13.5 Å². The smallest absolute Gasteiger partial charge is 0.399 e. The van der Waals surface area contributed by atoms with Crippen LogP contribution in [0.15, 0.2) is 31.1 Å². The molecule has 0 aromatic carbocycles. The number of phosphoric acid groups is 1. The predicted octanol–water partition coefficient (Wildman–Crippen LogP) is 1.70. The van der Waals surface area contributed by atoms with Crippen LogP contribution in [0, 0.1) is 0 Å². The number of aliphatic hydroxyl groups is 1. The van der Waals surface area contributed by atoms with Gasteiger partial charge in [-0.05, 0) is 19.9 Å². The Balaban J connectivity index is 2.08. The molecule has 1 aliphatic rings. The van der Waals surface area contributed by atoms with E-state index in [0.29, 0.717) is 11.3 Å². The normalized spacial score (nSPS) is 26.2. The van der Waals surface area contributed by atoms with Crippen molar-refractivity contribution in [3.8, 4) is 0 Å². The van der Waals surface area contributed by atoms with Gasteiger partial charge in [-0.3, -0.25) is 13.6 Å². The number of halogens is 1. The summed E-state index contributed by atoms with van der Waals surface area (Å²) in [5, 5.41) is 10.1. The third-order valence-electron chi connectivity index (χ3n) is 3.75. The fraction of sp³-hybridized carbons (Fsp3) is 0.562. The van der Waals surface area contributed by atoms with Crippen molar-refractivity contribution in [2.24, 2.45) is 5.73 Å². The number of rotatable bonds is 9. The van der Waals surface area contributed by atoms with E-state index in [-0.39, 0.29) is 19.8 Å². The molecular formula is C16H25FN2O6P+. The zero-order chi connectivity index (χ0) is 19.3. The van der Waals surface area contributed by atoms with Crippen LogP contribution in [0.2, 0.25) is 0 Å². The second-order valence-electron chi connectivity index (χ2n) is 5.64. The van der Waals surface area contributed by atoms with E-state index >= 15 is 0 Å². The van der Waals surface area contributed by atoms with E-state index in [1.807, 2.05) is 0 Å². The molecular weight excluding hydrogens is 366 g/mol. The molecule has 3 N–H and O–H groups in total. The summed E-state index contributed by atoms with van der Waals surface area (Å²) in [5.74, 6) is 0. The second-order valence-corrected chi connectivity index (χ2v) is 7.31. The number of nitrogens with zero attached hydrogens (tertiary/aromatic N) is 1. The minimum absolute atomic E-state index is 0.116. The Hall–Kier alpha value is -1.35. The molecule has 26 heavy (non-hydrogen) atoms. The molecule has 0 spiro atoms. The summed E-state index contributed by atoms with van der Waals surface area (Å²) in [6, 6.07) is 3.39. The highest BCUT2D eigenvalue weighted by Gasteiger charge is 2.50. The van der Waals surface area contributed by atoms with Crippen molar-refractivity contribution < 1.29 is 36.9 Å². The highest BCUT2D eigenvalue weighted by molar-refractivity contribution is 7.48. The van der Waals surface area contributed by atoms with Crippen molar-refractivity contribution in [1.82, 2.24) is 0 Å². The van der Waals surface area contributed by atoms with E-state index in [0.717, 1.165) is 0 Å². The lowest BCUT2D eigenvalue weighted by Gasteiger charge is -2.19. The number of ether oxygens (including phenoxy) is 1. The number of aliphatic hydroxyl groups excluding tert-OH is 1. The number of aromatic nitrogens is 1. The van der Waals surface area contributed by atoms with Gasteiger partial charge in [0.15, 0.2) is 12.4 Å². The third-order valence-corrected chi connectivity index (χ3v) is 5.37.